The Morgan fingerprint density at radius 2 is 2.28 bits per heavy atom. The monoisotopic (exact) mass is 243 g/mol. The maximum Gasteiger partial charge on any atom is 0.152 e. The van der Waals surface area contributed by atoms with E-state index in [1.54, 1.807) is 6.26 Å². The molecule has 2 heterocycles. The van der Waals surface area contributed by atoms with Crippen molar-refractivity contribution in [2.24, 2.45) is 0 Å². The van der Waals surface area contributed by atoms with Crippen LogP contribution in [0.5, 0.6) is 0 Å². The van der Waals surface area contributed by atoms with Crippen LogP contribution in [0, 0.1) is 0 Å². The van der Waals surface area contributed by atoms with Crippen molar-refractivity contribution >= 4 is 5.82 Å². The smallest absolute Gasteiger partial charge is 0.152 e. The van der Waals surface area contributed by atoms with Gasteiger partial charge in [-0.1, -0.05) is 6.92 Å². The maximum atomic E-state index is 5.42. The molecule has 0 unspecified atom stereocenters. The zero-order valence-electron chi connectivity index (χ0n) is 10.5. The third-order valence-corrected chi connectivity index (χ3v) is 3.02. The number of hydrogen-bond acceptors (Lipinski definition) is 4. The second kappa shape index (κ2) is 4.80. The third kappa shape index (κ3) is 2.37. The van der Waals surface area contributed by atoms with Crippen LogP contribution in [0.1, 0.15) is 37.9 Å². The lowest BCUT2D eigenvalue weighted by Crippen LogP contribution is -2.05. The summed E-state index contributed by atoms with van der Waals surface area (Å²) in [6, 6.07) is 5.77. The highest BCUT2D eigenvalue weighted by atomic mass is 16.3. The lowest BCUT2D eigenvalue weighted by molar-refractivity contribution is 0.579. The van der Waals surface area contributed by atoms with Gasteiger partial charge in [-0.05, 0) is 31.4 Å². The molecule has 0 saturated heterocycles. The molecule has 1 N–H and O–H groups in total. The molecule has 2 aromatic heterocycles. The standard InChI is InChI=1S/C14H17N3O/c1-2-7-15-13-9-11(12-4-3-8-18-12)16-14(17-13)10-5-6-10/h3-4,8-10H,2,5-7H2,1H3,(H,15,16,17). The first-order valence-corrected chi connectivity index (χ1v) is 6.53. The zero-order valence-corrected chi connectivity index (χ0v) is 10.5. The van der Waals surface area contributed by atoms with E-state index >= 15 is 0 Å². The van der Waals surface area contributed by atoms with E-state index in [-0.39, 0.29) is 0 Å². The fourth-order valence-electron chi connectivity index (χ4n) is 1.88. The Kier molecular flexibility index (Phi) is 3.00. The molecule has 0 aliphatic heterocycles. The van der Waals surface area contributed by atoms with Crippen LogP contribution < -0.4 is 5.32 Å². The maximum absolute atomic E-state index is 5.42. The van der Waals surface area contributed by atoms with Crippen LogP contribution in [0.25, 0.3) is 11.5 Å². The summed E-state index contributed by atoms with van der Waals surface area (Å²) in [5.41, 5.74) is 0.871. The SMILES string of the molecule is CCCNc1cc(-c2ccco2)nc(C2CC2)n1. The van der Waals surface area contributed by atoms with Crippen molar-refractivity contribution in [3.63, 3.8) is 0 Å². The summed E-state index contributed by atoms with van der Waals surface area (Å²) in [6.45, 7) is 3.07. The fourth-order valence-corrected chi connectivity index (χ4v) is 1.88. The summed E-state index contributed by atoms with van der Waals surface area (Å²) in [5.74, 6) is 3.20. The predicted molar refractivity (Wildman–Crippen MR) is 70.5 cm³/mol. The minimum atomic E-state index is 0.544. The molecule has 1 fully saturated rings. The van der Waals surface area contributed by atoms with Crippen LogP contribution in [0.2, 0.25) is 0 Å². The minimum absolute atomic E-state index is 0.544. The van der Waals surface area contributed by atoms with E-state index in [9.17, 15) is 0 Å². The van der Waals surface area contributed by atoms with Gasteiger partial charge in [-0.15, -0.1) is 0 Å². The lowest BCUT2D eigenvalue weighted by Gasteiger charge is -2.07. The lowest BCUT2D eigenvalue weighted by atomic mass is 10.3. The molecule has 0 atom stereocenters. The highest BCUT2D eigenvalue weighted by Crippen LogP contribution is 2.39. The van der Waals surface area contributed by atoms with Gasteiger partial charge in [-0.25, -0.2) is 9.97 Å². The second-order valence-electron chi connectivity index (χ2n) is 4.67. The van der Waals surface area contributed by atoms with Gasteiger partial charge in [-0.3, -0.25) is 0 Å². The van der Waals surface area contributed by atoms with E-state index in [1.165, 1.54) is 12.8 Å². The number of nitrogens with one attached hydrogen (secondary N) is 1. The highest BCUT2D eigenvalue weighted by Gasteiger charge is 2.27. The van der Waals surface area contributed by atoms with Crippen LogP contribution in [-0.2, 0) is 0 Å². The number of rotatable bonds is 5. The zero-order chi connectivity index (χ0) is 12.4. The largest absolute Gasteiger partial charge is 0.463 e. The molecule has 1 saturated carbocycles. The summed E-state index contributed by atoms with van der Waals surface area (Å²) < 4.78 is 5.42. The average Bonchev–Trinajstić information content (AvgIpc) is 3.11. The van der Waals surface area contributed by atoms with Crippen LogP contribution in [0.15, 0.2) is 28.9 Å². The van der Waals surface area contributed by atoms with E-state index < -0.39 is 0 Å². The molecule has 18 heavy (non-hydrogen) atoms. The molecule has 1 aliphatic carbocycles. The molecular weight excluding hydrogens is 226 g/mol. The number of nitrogens with zero attached hydrogens (tertiary/aromatic N) is 2. The van der Waals surface area contributed by atoms with E-state index in [0.717, 1.165) is 36.1 Å². The van der Waals surface area contributed by atoms with Crippen molar-refractivity contribution < 1.29 is 4.42 Å². The first kappa shape index (κ1) is 11.3. The van der Waals surface area contributed by atoms with Gasteiger partial charge in [0.25, 0.3) is 0 Å². The van der Waals surface area contributed by atoms with Crippen molar-refractivity contribution in [3.8, 4) is 11.5 Å². The van der Waals surface area contributed by atoms with Crippen molar-refractivity contribution in [2.45, 2.75) is 32.1 Å². The van der Waals surface area contributed by atoms with Crippen LogP contribution in [0.3, 0.4) is 0 Å². The molecular formula is C14H17N3O. The van der Waals surface area contributed by atoms with E-state index in [1.807, 2.05) is 18.2 Å². The van der Waals surface area contributed by atoms with Crippen molar-refractivity contribution in [1.29, 1.82) is 0 Å². The van der Waals surface area contributed by atoms with Crippen LogP contribution >= 0.6 is 0 Å². The Balaban J connectivity index is 1.94. The van der Waals surface area contributed by atoms with E-state index in [2.05, 4.69) is 22.2 Å². The van der Waals surface area contributed by atoms with Crippen molar-refractivity contribution in [2.75, 3.05) is 11.9 Å². The third-order valence-electron chi connectivity index (χ3n) is 3.02. The van der Waals surface area contributed by atoms with Crippen LogP contribution in [0.4, 0.5) is 5.82 Å². The summed E-state index contributed by atoms with van der Waals surface area (Å²) in [7, 11) is 0. The van der Waals surface area contributed by atoms with Gasteiger partial charge in [-0.2, -0.15) is 0 Å². The summed E-state index contributed by atoms with van der Waals surface area (Å²) in [6.07, 6.45) is 5.16. The number of aromatic nitrogens is 2. The van der Waals surface area contributed by atoms with Crippen molar-refractivity contribution in [3.05, 3.63) is 30.3 Å². The molecule has 0 radical (unpaired) electrons. The van der Waals surface area contributed by atoms with Gasteiger partial charge in [0.1, 0.15) is 17.3 Å². The van der Waals surface area contributed by atoms with Gasteiger partial charge in [0.15, 0.2) is 5.76 Å². The normalized spacial score (nSPS) is 14.7. The summed E-state index contributed by atoms with van der Waals surface area (Å²) >= 11 is 0. The molecule has 0 amide bonds. The number of hydrogen-bond donors (Lipinski definition) is 1. The first-order chi connectivity index (χ1) is 8.86. The molecule has 1 aliphatic rings. The van der Waals surface area contributed by atoms with E-state index in [0.29, 0.717) is 5.92 Å². The molecule has 94 valence electrons. The molecule has 4 nitrogen and oxygen atoms in total. The van der Waals surface area contributed by atoms with Crippen LogP contribution in [-0.4, -0.2) is 16.5 Å². The van der Waals surface area contributed by atoms with Gasteiger partial charge in [0.05, 0.1) is 6.26 Å². The molecule has 0 spiro atoms. The second-order valence-corrected chi connectivity index (χ2v) is 4.67. The Morgan fingerprint density at radius 3 is 2.94 bits per heavy atom. The Bertz CT molecular complexity index is 518. The highest BCUT2D eigenvalue weighted by molar-refractivity contribution is 5.57. The fraction of sp³-hybridized carbons (Fsp3) is 0.429. The predicted octanol–water partition coefficient (Wildman–Crippen LogP) is 3.44. The van der Waals surface area contributed by atoms with Gasteiger partial charge >= 0.3 is 0 Å². The molecule has 4 heteroatoms. The topological polar surface area (TPSA) is 51.0 Å². The minimum Gasteiger partial charge on any atom is -0.463 e. The Morgan fingerprint density at radius 1 is 1.39 bits per heavy atom. The summed E-state index contributed by atoms with van der Waals surface area (Å²) in [4.78, 5) is 9.18. The Labute approximate surface area is 106 Å². The molecule has 3 rings (SSSR count). The van der Waals surface area contributed by atoms with Gasteiger partial charge in [0.2, 0.25) is 0 Å². The average molecular weight is 243 g/mol. The van der Waals surface area contributed by atoms with Gasteiger partial charge < -0.3 is 9.73 Å². The van der Waals surface area contributed by atoms with Gasteiger partial charge in [0, 0.05) is 18.5 Å². The Hall–Kier alpha value is -1.84. The van der Waals surface area contributed by atoms with Crippen molar-refractivity contribution in [1.82, 2.24) is 9.97 Å². The number of anilines is 1. The molecule has 0 bridgehead atoms. The molecule has 0 aromatic carbocycles. The summed E-state index contributed by atoms with van der Waals surface area (Å²) in [5, 5.41) is 3.33. The number of furan rings is 1. The molecule has 2 aromatic rings. The first-order valence-electron chi connectivity index (χ1n) is 6.53. The quantitative estimate of drug-likeness (QED) is 0.874. The van der Waals surface area contributed by atoms with E-state index in [4.69, 9.17) is 4.42 Å².